The van der Waals surface area contributed by atoms with Gasteiger partial charge in [0.15, 0.2) is 0 Å². The highest BCUT2D eigenvalue weighted by atomic mass is 32.2. The van der Waals surface area contributed by atoms with Gasteiger partial charge in [-0.15, -0.1) is 11.3 Å². The van der Waals surface area contributed by atoms with Crippen molar-refractivity contribution in [2.75, 3.05) is 17.3 Å². The molecule has 0 aliphatic rings. The number of thioether (sulfide) groups is 1. The minimum Gasteiger partial charge on any atom is -0.477 e. The molecule has 1 unspecified atom stereocenters. The van der Waals surface area contributed by atoms with E-state index in [0.29, 0.717) is 10.9 Å². The predicted molar refractivity (Wildman–Crippen MR) is 85.2 cm³/mol. The van der Waals surface area contributed by atoms with Crippen molar-refractivity contribution in [3.05, 3.63) is 16.8 Å². The number of carbonyl (C=O) groups is 1. The van der Waals surface area contributed by atoms with Crippen LogP contribution in [-0.4, -0.2) is 39.1 Å². The summed E-state index contributed by atoms with van der Waals surface area (Å²) in [7, 11) is 0. The first-order valence-corrected chi connectivity index (χ1v) is 8.52. The molecular weight excluding hydrogens is 294 g/mol. The van der Waals surface area contributed by atoms with Gasteiger partial charge in [0, 0.05) is 11.8 Å². The Balaban J connectivity index is 2.45. The number of rotatable bonds is 6. The summed E-state index contributed by atoms with van der Waals surface area (Å²) in [6.07, 6.45) is 4.54. The van der Waals surface area contributed by atoms with Gasteiger partial charge in [-0.25, -0.2) is 14.8 Å². The van der Waals surface area contributed by atoms with Crippen LogP contribution in [0.25, 0.3) is 10.2 Å². The van der Waals surface area contributed by atoms with Crippen molar-refractivity contribution in [1.29, 1.82) is 0 Å². The third-order valence-electron chi connectivity index (χ3n) is 3.12. The zero-order valence-electron chi connectivity index (χ0n) is 11.6. The van der Waals surface area contributed by atoms with Crippen LogP contribution in [0.2, 0.25) is 0 Å². The Bertz CT molecular complexity index is 627. The minimum absolute atomic E-state index is 0.315. The number of hydrogen-bond acceptors (Lipinski definition) is 6. The number of carboxylic acids is 1. The van der Waals surface area contributed by atoms with E-state index >= 15 is 0 Å². The average Bonchev–Trinajstić information content (AvgIpc) is 2.77. The van der Waals surface area contributed by atoms with Crippen LogP contribution in [0.3, 0.4) is 0 Å². The Morgan fingerprint density at radius 1 is 1.55 bits per heavy atom. The standard InChI is InChI=1S/C13H17N3O2S2/c1-4-8(5-19-3)16-11-9-7(2)10(13(17)18)20-12(9)15-6-14-11/h6,8H,4-5H2,1-3H3,(H,17,18)(H,14,15,16). The molecule has 0 aliphatic carbocycles. The van der Waals surface area contributed by atoms with Crippen LogP contribution in [0.5, 0.6) is 0 Å². The van der Waals surface area contributed by atoms with Gasteiger partial charge in [0.25, 0.3) is 0 Å². The SMILES string of the molecule is CCC(CSC)Nc1ncnc2sc(C(=O)O)c(C)c12. The molecular formula is C13H17N3O2S2. The number of nitrogens with zero attached hydrogens (tertiary/aromatic N) is 2. The van der Waals surface area contributed by atoms with Gasteiger partial charge in [-0.3, -0.25) is 0 Å². The van der Waals surface area contributed by atoms with Gasteiger partial charge in [0.1, 0.15) is 21.9 Å². The molecule has 20 heavy (non-hydrogen) atoms. The van der Waals surface area contributed by atoms with Crippen molar-refractivity contribution in [2.24, 2.45) is 0 Å². The number of hydrogen-bond donors (Lipinski definition) is 2. The molecule has 0 saturated carbocycles. The maximum absolute atomic E-state index is 11.2. The number of anilines is 1. The number of carboxylic acid groups (broad SMARTS) is 1. The van der Waals surface area contributed by atoms with Gasteiger partial charge in [0.2, 0.25) is 0 Å². The summed E-state index contributed by atoms with van der Waals surface area (Å²) in [6, 6.07) is 0.315. The zero-order chi connectivity index (χ0) is 14.7. The summed E-state index contributed by atoms with van der Waals surface area (Å²) < 4.78 is 0. The highest BCUT2D eigenvalue weighted by molar-refractivity contribution is 7.98. The minimum atomic E-state index is -0.910. The first-order valence-electron chi connectivity index (χ1n) is 6.31. The smallest absolute Gasteiger partial charge is 0.346 e. The highest BCUT2D eigenvalue weighted by Gasteiger charge is 2.19. The first kappa shape index (κ1) is 15.1. The number of aromatic nitrogens is 2. The maximum Gasteiger partial charge on any atom is 0.346 e. The Labute approximate surface area is 125 Å². The van der Waals surface area contributed by atoms with Crippen LogP contribution in [0.1, 0.15) is 28.6 Å². The third kappa shape index (κ3) is 2.88. The average molecular weight is 311 g/mol. The fraction of sp³-hybridized carbons (Fsp3) is 0.462. The molecule has 2 N–H and O–H groups in total. The number of aromatic carboxylic acids is 1. The van der Waals surface area contributed by atoms with Crippen molar-refractivity contribution in [2.45, 2.75) is 26.3 Å². The van der Waals surface area contributed by atoms with Crippen LogP contribution in [0.4, 0.5) is 5.82 Å². The second kappa shape index (κ2) is 6.41. The van der Waals surface area contributed by atoms with Crippen LogP contribution in [0, 0.1) is 6.92 Å². The summed E-state index contributed by atoms with van der Waals surface area (Å²) in [4.78, 5) is 20.8. The van der Waals surface area contributed by atoms with Crippen LogP contribution < -0.4 is 5.32 Å². The Kier molecular flexibility index (Phi) is 4.82. The monoisotopic (exact) mass is 311 g/mol. The number of nitrogens with one attached hydrogen (secondary N) is 1. The number of fused-ring (bicyclic) bond motifs is 1. The molecule has 1 atom stereocenters. The van der Waals surface area contributed by atoms with E-state index in [2.05, 4.69) is 28.5 Å². The molecule has 2 aromatic rings. The largest absolute Gasteiger partial charge is 0.477 e. The molecule has 0 amide bonds. The molecule has 5 nitrogen and oxygen atoms in total. The molecule has 0 aliphatic heterocycles. The summed E-state index contributed by atoms with van der Waals surface area (Å²) in [5.41, 5.74) is 0.736. The molecule has 2 aromatic heterocycles. The lowest BCUT2D eigenvalue weighted by Gasteiger charge is -2.17. The molecule has 7 heteroatoms. The summed E-state index contributed by atoms with van der Waals surface area (Å²) in [6.45, 7) is 3.93. The summed E-state index contributed by atoms with van der Waals surface area (Å²) >= 11 is 2.97. The van der Waals surface area contributed by atoms with E-state index < -0.39 is 5.97 Å². The topological polar surface area (TPSA) is 75.1 Å². The van der Waals surface area contributed by atoms with Crippen molar-refractivity contribution in [1.82, 2.24) is 9.97 Å². The van der Waals surface area contributed by atoms with Gasteiger partial charge in [0.05, 0.1) is 5.39 Å². The van der Waals surface area contributed by atoms with Crippen molar-refractivity contribution >= 4 is 45.1 Å². The molecule has 0 spiro atoms. The lowest BCUT2D eigenvalue weighted by molar-refractivity contribution is 0.0701. The first-order chi connectivity index (χ1) is 9.58. The van der Waals surface area contributed by atoms with Crippen LogP contribution in [-0.2, 0) is 0 Å². The lowest BCUT2D eigenvalue weighted by Crippen LogP contribution is -2.22. The normalized spacial score (nSPS) is 12.6. The molecule has 0 saturated heterocycles. The molecule has 108 valence electrons. The predicted octanol–water partition coefficient (Wildman–Crippen LogP) is 3.25. The fourth-order valence-corrected chi connectivity index (χ4v) is 3.75. The van der Waals surface area contributed by atoms with Crippen molar-refractivity contribution in [3.63, 3.8) is 0 Å². The Hall–Kier alpha value is -1.34. The van der Waals surface area contributed by atoms with Crippen LogP contribution >= 0.6 is 23.1 Å². The van der Waals surface area contributed by atoms with Crippen LogP contribution in [0.15, 0.2) is 6.33 Å². The molecule has 2 heterocycles. The quantitative estimate of drug-likeness (QED) is 0.853. The number of aryl methyl sites for hydroxylation is 1. The highest BCUT2D eigenvalue weighted by Crippen LogP contribution is 2.33. The molecule has 0 bridgehead atoms. The van der Waals surface area contributed by atoms with Gasteiger partial charge in [-0.05, 0) is 25.2 Å². The lowest BCUT2D eigenvalue weighted by atomic mass is 10.2. The third-order valence-corrected chi connectivity index (χ3v) is 5.05. The van der Waals surface area contributed by atoms with E-state index in [-0.39, 0.29) is 0 Å². The number of thiophene rings is 1. The van der Waals surface area contributed by atoms with Gasteiger partial charge < -0.3 is 10.4 Å². The van der Waals surface area contributed by atoms with E-state index in [4.69, 9.17) is 0 Å². The molecule has 0 aromatic carbocycles. The van der Waals surface area contributed by atoms with Gasteiger partial charge in [-0.1, -0.05) is 6.92 Å². The fourth-order valence-electron chi connectivity index (χ4n) is 2.04. The summed E-state index contributed by atoms with van der Waals surface area (Å²) in [5, 5.41) is 13.4. The van der Waals surface area contributed by atoms with E-state index in [1.165, 1.54) is 17.7 Å². The zero-order valence-corrected chi connectivity index (χ0v) is 13.3. The Morgan fingerprint density at radius 3 is 2.90 bits per heavy atom. The Morgan fingerprint density at radius 2 is 2.30 bits per heavy atom. The molecule has 0 radical (unpaired) electrons. The van der Waals surface area contributed by atoms with E-state index in [1.54, 1.807) is 11.8 Å². The molecule has 0 fully saturated rings. The van der Waals surface area contributed by atoms with E-state index in [1.807, 2.05) is 6.92 Å². The van der Waals surface area contributed by atoms with Gasteiger partial charge >= 0.3 is 5.97 Å². The second-order valence-electron chi connectivity index (χ2n) is 4.47. The second-order valence-corrected chi connectivity index (χ2v) is 6.38. The van der Waals surface area contributed by atoms with E-state index in [0.717, 1.165) is 33.8 Å². The maximum atomic E-state index is 11.2. The van der Waals surface area contributed by atoms with Crippen molar-refractivity contribution in [3.8, 4) is 0 Å². The molecule has 2 rings (SSSR count). The summed E-state index contributed by atoms with van der Waals surface area (Å²) in [5.74, 6) is 0.807. The van der Waals surface area contributed by atoms with Gasteiger partial charge in [-0.2, -0.15) is 11.8 Å². The van der Waals surface area contributed by atoms with E-state index in [9.17, 15) is 9.90 Å². The van der Waals surface area contributed by atoms with Crippen molar-refractivity contribution < 1.29 is 9.90 Å².